The van der Waals surface area contributed by atoms with Gasteiger partial charge in [0.15, 0.2) is 17.8 Å². The van der Waals surface area contributed by atoms with Gasteiger partial charge in [-0.3, -0.25) is 9.36 Å². The molecule has 4 aromatic rings. The van der Waals surface area contributed by atoms with Crippen LogP contribution < -0.4 is 5.69 Å². The number of carbonyl (C=O) groups excluding carboxylic acids is 1. The van der Waals surface area contributed by atoms with Gasteiger partial charge in [0, 0.05) is 17.1 Å². The van der Waals surface area contributed by atoms with Gasteiger partial charge in [-0.2, -0.15) is 26.3 Å². The summed E-state index contributed by atoms with van der Waals surface area (Å²) >= 11 is 12.2. The first-order valence-corrected chi connectivity index (χ1v) is 13.7. The molecule has 5 rings (SSSR count). The lowest BCUT2D eigenvalue weighted by atomic mass is 10.1. The number of aliphatic hydroxyl groups excluding tert-OH is 1. The van der Waals surface area contributed by atoms with Crippen molar-refractivity contribution in [3.8, 4) is 17.1 Å². The molecule has 0 aliphatic carbocycles. The molecule has 44 heavy (non-hydrogen) atoms. The molecule has 18 heteroatoms. The highest BCUT2D eigenvalue weighted by molar-refractivity contribution is 6.33. The van der Waals surface area contributed by atoms with E-state index < -0.39 is 49.2 Å². The highest BCUT2D eigenvalue weighted by atomic mass is 35.5. The number of aliphatic hydroxyl groups is 1. The van der Waals surface area contributed by atoms with E-state index in [1.54, 1.807) is 0 Å². The summed E-state index contributed by atoms with van der Waals surface area (Å²) in [6.45, 7) is -1.72. The first-order chi connectivity index (χ1) is 20.6. The van der Waals surface area contributed by atoms with Crippen molar-refractivity contribution < 1.29 is 36.2 Å². The van der Waals surface area contributed by atoms with Crippen LogP contribution in [0, 0.1) is 0 Å². The van der Waals surface area contributed by atoms with Crippen LogP contribution >= 0.6 is 23.2 Å². The number of rotatable bonds is 7. The number of para-hydroxylation sites is 1. The minimum atomic E-state index is -5.02. The maximum Gasteiger partial charge on any atom is 0.416 e. The first-order valence-electron chi connectivity index (χ1n) is 12.9. The van der Waals surface area contributed by atoms with Gasteiger partial charge in [0.25, 0.3) is 5.91 Å². The number of amides is 1. The van der Waals surface area contributed by atoms with E-state index in [1.807, 2.05) is 0 Å². The monoisotopic (exact) mass is 663 g/mol. The van der Waals surface area contributed by atoms with Gasteiger partial charge in [-0.25, -0.2) is 19.1 Å². The molecule has 2 atom stereocenters. The van der Waals surface area contributed by atoms with Gasteiger partial charge in [0.2, 0.25) is 0 Å². The molecule has 1 saturated heterocycles. The summed E-state index contributed by atoms with van der Waals surface area (Å²) in [5.41, 5.74) is -1.01. The summed E-state index contributed by atoms with van der Waals surface area (Å²) in [6, 6.07) is 7.88. The predicted octanol–water partition coefficient (Wildman–Crippen LogP) is 4.74. The zero-order valence-corrected chi connectivity index (χ0v) is 23.7. The molecule has 0 saturated carbocycles. The SMILES string of the molecule is O=C(c1cccc(Cl)c1-n1cnc(Cn2nc(-c3ccc(Cl)cc3)n(C[C@@H](O)C(F)(F)F)c2=O)n1)N1CCCC1C(F)(F)F. The van der Waals surface area contributed by atoms with Crippen LogP contribution in [0.5, 0.6) is 0 Å². The lowest BCUT2D eigenvalue weighted by Crippen LogP contribution is -2.44. The van der Waals surface area contributed by atoms with E-state index in [0.29, 0.717) is 9.59 Å². The molecule has 1 fully saturated rings. The third kappa shape index (κ3) is 6.32. The van der Waals surface area contributed by atoms with Crippen molar-refractivity contribution in [1.29, 1.82) is 0 Å². The van der Waals surface area contributed by atoms with E-state index >= 15 is 0 Å². The highest BCUT2D eigenvalue weighted by Crippen LogP contribution is 2.35. The summed E-state index contributed by atoms with van der Waals surface area (Å²) in [5, 5.41) is 18.3. The maximum absolute atomic E-state index is 13.6. The fourth-order valence-corrected chi connectivity index (χ4v) is 5.22. The average Bonchev–Trinajstić information content (AvgIpc) is 3.69. The molecule has 2 aromatic carbocycles. The Hall–Kier alpha value is -3.89. The van der Waals surface area contributed by atoms with E-state index in [2.05, 4.69) is 15.2 Å². The summed E-state index contributed by atoms with van der Waals surface area (Å²) in [5.74, 6) is -1.20. The molecule has 0 radical (unpaired) electrons. The van der Waals surface area contributed by atoms with Gasteiger partial charge in [0.1, 0.15) is 18.9 Å². The molecular formula is C26H21Cl2F6N7O3. The number of aromatic nitrogens is 6. The van der Waals surface area contributed by atoms with Crippen molar-refractivity contribution in [3.05, 3.63) is 80.7 Å². The fourth-order valence-electron chi connectivity index (χ4n) is 4.83. The number of carbonyl (C=O) groups is 1. The Labute approximate surface area is 254 Å². The number of nitrogens with zero attached hydrogens (tertiary/aromatic N) is 7. The Morgan fingerprint density at radius 3 is 2.41 bits per heavy atom. The minimum Gasteiger partial charge on any atom is -0.382 e. The normalized spacial score (nSPS) is 16.5. The van der Waals surface area contributed by atoms with E-state index in [4.69, 9.17) is 23.2 Å². The smallest absolute Gasteiger partial charge is 0.382 e. The van der Waals surface area contributed by atoms with E-state index in [9.17, 15) is 41.0 Å². The van der Waals surface area contributed by atoms with Crippen molar-refractivity contribution in [2.45, 2.75) is 50.4 Å². The van der Waals surface area contributed by atoms with Crippen LogP contribution in [0.3, 0.4) is 0 Å². The molecular weight excluding hydrogens is 643 g/mol. The molecule has 1 N–H and O–H groups in total. The molecule has 0 bridgehead atoms. The standard InChI is InChI=1S/C26H21Cl2F6N7O3/c27-15-8-6-14(7-9-15)22-37-40(24(44)39(22)11-19(42)26(32,33)34)12-20-35-13-41(36-20)21-16(3-1-4-17(21)28)23(43)38-10-2-5-18(38)25(29,30)31/h1,3-4,6-9,13,18-19,42H,2,5,10-12H2/t18?,19-/m1/s1. The highest BCUT2D eigenvalue weighted by Gasteiger charge is 2.48. The molecule has 234 valence electrons. The predicted molar refractivity (Wildman–Crippen MR) is 145 cm³/mol. The molecule has 2 aromatic heterocycles. The van der Waals surface area contributed by atoms with Crippen LogP contribution in [0.4, 0.5) is 26.3 Å². The Kier molecular flexibility index (Phi) is 8.52. The fraction of sp³-hybridized carbons (Fsp3) is 0.346. The summed E-state index contributed by atoms with van der Waals surface area (Å²) in [7, 11) is 0. The summed E-state index contributed by atoms with van der Waals surface area (Å²) in [6.07, 6.45) is -11.5. The second kappa shape index (κ2) is 11.9. The van der Waals surface area contributed by atoms with Crippen LogP contribution in [-0.2, 0) is 13.1 Å². The zero-order valence-electron chi connectivity index (χ0n) is 22.2. The van der Waals surface area contributed by atoms with Crippen LogP contribution in [0.15, 0.2) is 53.6 Å². The van der Waals surface area contributed by atoms with Crippen molar-refractivity contribution >= 4 is 29.1 Å². The Bertz CT molecular complexity index is 1730. The van der Waals surface area contributed by atoms with E-state index in [0.717, 1.165) is 20.6 Å². The summed E-state index contributed by atoms with van der Waals surface area (Å²) in [4.78, 5) is 31.3. The molecule has 10 nitrogen and oxygen atoms in total. The molecule has 1 aliphatic rings. The number of likely N-dealkylation sites (tertiary alicyclic amines) is 1. The lowest BCUT2D eigenvalue weighted by Gasteiger charge is -2.27. The largest absolute Gasteiger partial charge is 0.416 e. The molecule has 0 spiro atoms. The first kappa shape index (κ1) is 31.5. The van der Waals surface area contributed by atoms with Gasteiger partial charge in [0.05, 0.1) is 22.8 Å². The van der Waals surface area contributed by atoms with Gasteiger partial charge in [-0.15, -0.1) is 10.2 Å². The molecule has 1 unspecified atom stereocenters. The number of alkyl halides is 6. The van der Waals surface area contributed by atoms with Gasteiger partial charge in [-0.1, -0.05) is 29.3 Å². The van der Waals surface area contributed by atoms with E-state index in [1.165, 1.54) is 42.5 Å². The quantitative estimate of drug-likeness (QED) is 0.286. The summed E-state index contributed by atoms with van der Waals surface area (Å²) < 4.78 is 82.6. The Morgan fingerprint density at radius 1 is 1.05 bits per heavy atom. The van der Waals surface area contributed by atoms with Crippen LogP contribution in [0.1, 0.15) is 29.0 Å². The molecule has 1 amide bonds. The number of hydrogen-bond donors (Lipinski definition) is 1. The number of hydrogen-bond acceptors (Lipinski definition) is 6. The van der Waals surface area contributed by atoms with Crippen molar-refractivity contribution in [2.24, 2.45) is 0 Å². The Morgan fingerprint density at radius 2 is 1.75 bits per heavy atom. The van der Waals surface area contributed by atoms with Crippen LogP contribution in [0.25, 0.3) is 17.1 Å². The van der Waals surface area contributed by atoms with Crippen LogP contribution in [0.2, 0.25) is 10.0 Å². The average molecular weight is 664 g/mol. The molecule has 3 heterocycles. The Balaban J connectivity index is 1.48. The van der Waals surface area contributed by atoms with Gasteiger partial charge in [-0.05, 0) is 49.2 Å². The zero-order chi connectivity index (χ0) is 32.0. The van der Waals surface area contributed by atoms with Crippen molar-refractivity contribution in [3.63, 3.8) is 0 Å². The third-order valence-electron chi connectivity index (χ3n) is 6.93. The third-order valence-corrected chi connectivity index (χ3v) is 7.48. The van der Waals surface area contributed by atoms with Crippen LogP contribution in [-0.4, -0.2) is 76.1 Å². The second-order valence-electron chi connectivity index (χ2n) is 9.88. The lowest BCUT2D eigenvalue weighted by molar-refractivity contribution is -0.207. The van der Waals surface area contributed by atoms with Crippen molar-refractivity contribution in [1.82, 2.24) is 34.0 Å². The topological polar surface area (TPSA) is 111 Å². The maximum atomic E-state index is 13.6. The number of benzene rings is 2. The minimum absolute atomic E-state index is 0.0253. The van der Waals surface area contributed by atoms with Crippen molar-refractivity contribution in [2.75, 3.05) is 6.54 Å². The van der Waals surface area contributed by atoms with E-state index in [-0.39, 0.29) is 52.9 Å². The van der Waals surface area contributed by atoms with Gasteiger partial charge < -0.3 is 10.0 Å². The number of halogens is 8. The second-order valence-corrected chi connectivity index (χ2v) is 10.7. The molecule has 1 aliphatic heterocycles. The van der Waals surface area contributed by atoms with Gasteiger partial charge >= 0.3 is 18.0 Å².